The normalized spacial score (nSPS) is 10.8. The second-order valence-electron chi connectivity index (χ2n) is 4.61. The number of H-pyrrole nitrogens is 1. The Morgan fingerprint density at radius 1 is 1.10 bits per heavy atom. The van der Waals surface area contributed by atoms with Crippen LogP contribution in [0.4, 0.5) is 0 Å². The van der Waals surface area contributed by atoms with Crippen molar-refractivity contribution in [3.63, 3.8) is 0 Å². The van der Waals surface area contributed by atoms with Crippen LogP contribution in [0.25, 0.3) is 10.9 Å². The van der Waals surface area contributed by atoms with E-state index in [0.717, 1.165) is 22.0 Å². The quantitative estimate of drug-likeness (QED) is 0.761. The summed E-state index contributed by atoms with van der Waals surface area (Å²) in [6.07, 6.45) is 0.534. The minimum Gasteiger partial charge on any atom is -0.477 e. The van der Waals surface area contributed by atoms with Crippen molar-refractivity contribution < 1.29 is 9.90 Å². The number of carbonyl (C=O) groups is 1. The molecule has 1 aromatic heterocycles. The predicted molar refractivity (Wildman–Crippen MR) is 79.5 cm³/mol. The van der Waals surface area contributed by atoms with Gasteiger partial charge in [0.15, 0.2) is 0 Å². The average Bonchev–Trinajstić information content (AvgIpc) is 2.80. The molecule has 1 heterocycles. The highest BCUT2D eigenvalue weighted by molar-refractivity contribution is 6.36. The van der Waals surface area contributed by atoms with Crippen molar-refractivity contribution in [2.45, 2.75) is 6.42 Å². The van der Waals surface area contributed by atoms with Gasteiger partial charge < -0.3 is 10.1 Å². The fourth-order valence-corrected chi connectivity index (χ4v) is 2.72. The summed E-state index contributed by atoms with van der Waals surface area (Å²) in [6.45, 7) is 0. The Bertz CT molecular complexity index is 778. The molecule has 0 atom stereocenters. The fraction of sp³-hybridized carbons (Fsp3) is 0.0625. The van der Waals surface area contributed by atoms with Gasteiger partial charge in [0, 0.05) is 17.3 Å². The molecule has 3 nitrogen and oxygen atoms in total. The Morgan fingerprint density at radius 2 is 1.85 bits per heavy atom. The summed E-state index contributed by atoms with van der Waals surface area (Å²) in [5.41, 5.74) is 2.73. The van der Waals surface area contributed by atoms with Crippen LogP contribution in [0.15, 0.2) is 48.5 Å². The lowest BCUT2D eigenvalue weighted by Crippen LogP contribution is -2.02. The Kier molecular flexibility index (Phi) is 3.20. The SMILES string of the molecule is O=C(O)c1[nH]c2cccc(Cl)c2c1Cc1ccccc1. The van der Waals surface area contributed by atoms with E-state index >= 15 is 0 Å². The highest BCUT2D eigenvalue weighted by atomic mass is 35.5. The highest BCUT2D eigenvalue weighted by Crippen LogP contribution is 2.31. The van der Waals surface area contributed by atoms with Crippen LogP contribution in [0.2, 0.25) is 5.02 Å². The number of nitrogens with one attached hydrogen (secondary N) is 1. The van der Waals surface area contributed by atoms with E-state index in [4.69, 9.17) is 11.6 Å². The predicted octanol–water partition coefficient (Wildman–Crippen LogP) is 4.11. The standard InChI is InChI=1S/C16H12ClNO2/c17-12-7-4-8-13-14(12)11(15(18-13)16(19)20)9-10-5-2-1-3-6-10/h1-8,18H,9H2,(H,19,20). The third-order valence-corrected chi connectivity index (χ3v) is 3.63. The van der Waals surface area contributed by atoms with Gasteiger partial charge >= 0.3 is 5.97 Å². The number of aromatic nitrogens is 1. The first-order valence-corrected chi connectivity index (χ1v) is 6.61. The van der Waals surface area contributed by atoms with Gasteiger partial charge in [-0.3, -0.25) is 0 Å². The number of hydrogen-bond donors (Lipinski definition) is 2. The molecule has 0 aliphatic carbocycles. The molecule has 2 N–H and O–H groups in total. The molecule has 20 heavy (non-hydrogen) atoms. The number of aromatic amines is 1. The number of benzene rings is 2. The summed E-state index contributed by atoms with van der Waals surface area (Å²) in [5.74, 6) is -0.969. The Balaban J connectivity index is 2.21. The second-order valence-corrected chi connectivity index (χ2v) is 5.02. The average molecular weight is 286 g/mol. The van der Waals surface area contributed by atoms with Gasteiger partial charge in [0.1, 0.15) is 5.69 Å². The fourth-order valence-electron chi connectivity index (χ4n) is 2.43. The maximum atomic E-state index is 11.4. The number of fused-ring (bicyclic) bond motifs is 1. The number of carboxylic acid groups (broad SMARTS) is 1. The van der Waals surface area contributed by atoms with Crippen LogP contribution in [-0.4, -0.2) is 16.1 Å². The van der Waals surface area contributed by atoms with E-state index in [1.54, 1.807) is 12.1 Å². The topological polar surface area (TPSA) is 53.1 Å². The summed E-state index contributed by atoms with van der Waals surface area (Å²) in [6, 6.07) is 15.2. The van der Waals surface area contributed by atoms with Gasteiger partial charge in [0.2, 0.25) is 0 Å². The Labute approximate surface area is 120 Å². The third-order valence-electron chi connectivity index (χ3n) is 3.31. The van der Waals surface area contributed by atoms with Gasteiger partial charge in [0.05, 0.1) is 5.02 Å². The molecule has 0 aliphatic heterocycles. The van der Waals surface area contributed by atoms with E-state index in [1.807, 2.05) is 36.4 Å². The highest BCUT2D eigenvalue weighted by Gasteiger charge is 2.18. The smallest absolute Gasteiger partial charge is 0.352 e. The summed E-state index contributed by atoms with van der Waals surface area (Å²) < 4.78 is 0. The monoisotopic (exact) mass is 285 g/mol. The summed E-state index contributed by atoms with van der Waals surface area (Å²) in [4.78, 5) is 14.4. The van der Waals surface area contributed by atoms with Crippen molar-refractivity contribution in [1.29, 1.82) is 0 Å². The molecule has 0 unspecified atom stereocenters. The van der Waals surface area contributed by atoms with Crippen molar-refractivity contribution in [2.75, 3.05) is 0 Å². The zero-order valence-corrected chi connectivity index (χ0v) is 11.3. The van der Waals surface area contributed by atoms with Crippen LogP contribution in [0.5, 0.6) is 0 Å². The van der Waals surface area contributed by atoms with Crippen molar-refractivity contribution >= 4 is 28.5 Å². The maximum absolute atomic E-state index is 11.4. The largest absolute Gasteiger partial charge is 0.477 e. The first-order valence-electron chi connectivity index (χ1n) is 6.23. The molecule has 3 aromatic rings. The van der Waals surface area contributed by atoms with Gasteiger partial charge in [-0.1, -0.05) is 48.0 Å². The van der Waals surface area contributed by atoms with E-state index < -0.39 is 5.97 Å². The Morgan fingerprint density at radius 3 is 2.55 bits per heavy atom. The van der Waals surface area contributed by atoms with Crippen molar-refractivity contribution in [1.82, 2.24) is 4.98 Å². The molecule has 0 spiro atoms. The van der Waals surface area contributed by atoms with Crippen LogP contribution in [0.3, 0.4) is 0 Å². The maximum Gasteiger partial charge on any atom is 0.352 e. The summed E-state index contributed by atoms with van der Waals surface area (Å²) >= 11 is 6.23. The number of carboxylic acids is 1. The molecular formula is C16H12ClNO2. The van der Waals surface area contributed by atoms with E-state index in [9.17, 15) is 9.90 Å². The molecule has 0 saturated heterocycles. The van der Waals surface area contributed by atoms with Crippen LogP contribution in [-0.2, 0) is 6.42 Å². The molecule has 2 aromatic carbocycles. The molecule has 0 fully saturated rings. The van der Waals surface area contributed by atoms with Gasteiger partial charge in [-0.2, -0.15) is 0 Å². The zero-order valence-electron chi connectivity index (χ0n) is 10.6. The lowest BCUT2D eigenvalue weighted by atomic mass is 10.0. The zero-order chi connectivity index (χ0) is 14.1. The van der Waals surface area contributed by atoms with Crippen LogP contribution >= 0.6 is 11.6 Å². The van der Waals surface area contributed by atoms with E-state index in [0.29, 0.717) is 11.4 Å². The first-order chi connectivity index (χ1) is 9.66. The van der Waals surface area contributed by atoms with Crippen molar-refractivity contribution in [3.05, 3.63) is 70.4 Å². The molecule has 0 radical (unpaired) electrons. The molecule has 0 aliphatic rings. The van der Waals surface area contributed by atoms with Crippen LogP contribution in [0.1, 0.15) is 21.6 Å². The van der Waals surface area contributed by atoms with Gasteiger partial charge in [0.25, 0.3) is 0 Å². The molecule has 0 amide bonds. The van der Waals surface area contributed by atoms with Crippen LogP contribution < -0.4 is 0 Å². The second kappa shape index (κ2) is 5.02. The summed E-state index contributed by atoms with van der Waals surface area (Å²) in [7, 11) is 0. The van der Waals surface area contributed by atoms with E-state index in [-0.39, 0.29) is 5.69 Å². The van der Waals surface area contributed by atoms with Crippen molar-refractivity contribution in [2.24, 2.45) is 0 Å². The van der Waals surface area contributed by atoms with Gasteiger partial charge in [-0.15, -0.1) is 0 Å². The molecule has 4 heteroatoms. The number of rotatable bonds is 3. The Hall–Kier alpha value is -2.26. The number of hydrogen-bond acceptors (Lipinski definition) is 1. The number of halogens is 1. The summed E-state index contributed by atoms with van der Waals surface area (Å²) in [5, 5.41) is 10.7. The minimum atomic E-state index is -0.969. The first kappa shape index (κ1) is 12.8. The molecule has 0 saturated carbocycles. The van der Waals surface area contributed by atoms with Crippen molar-refractivity contribution in [3.8, 4) is 0 Å². The lowest BCUT2D eigenvalue weighted by molar-refractivity contribution is 0.0690. The van der Waals surface area contributed by atoms with Crippen LogP contribution in [0, 0.1) is 0 Å². The molecule has 3 rings (SSSR count). The third kappa shape index (κ3) is 2.17. The molecule has 100 valence electrons. The molecular weight excluding hydrogens is 274 g/mol. The lowest BCUT2D eigenvalue weighted by Gasteiger charge is -2.03. The van der Waals surface area contributed by atoms with Gasteiger partial charge in [-0.05, 0) is 23.3 Å². The van der Waals surface area contributed by atoms with Gasteiger partial charge in [-0.25, -0.2) is 4.79 Å². The molecule has 0 bridgehead atoms. The van der Waals surface area contributed by atoms with E-state index in [1.165, 1.54) is 0 Å². The minimum absolute atomic E-state index is 0.206. The van der Waals surface area contributed by atoms with E-state index in [2.05, 4.69) is 4.98 Å². The number of aromatic carboxylic acids is 1.